The van der Waals surface area contributed by atoms with E-state index in [4.69, 9.17) is 0 Å². The van der Waals surface area contributed by atoms with Crippen molar-refractivity contribution in [3.63, 3.8) is 0 Å². The fraction of sp³-hybridized carbons (Fsp3) is 0.600. The Bertz CT molecular complexity index is 627. The molecule has 0 spiro atoms. The molecule has 0 aliphatic heterocycles. The van der Waals surface area contributed by atoms with Crippen LogP contribution in [0.3, 0.4) is 0 Å². The molecule has 0 fully saturated rings. The van der Waals surface area contributed by atoms with Crippen molar-refractivity contribution in [3.05, 3.63) is 24.8 Å². The molecule has 0 amide bonds. The third-order valence-electron chi connectivity index (χ3n) is 4.64. The highest BCUT2D eigenvalue weighted by Crippen LogP contribution is 2.38. The van der Waals surface area contributed by atoms with Gasteiger partial charge in [0.25, 0.3) is 0 Å². The highest BCUT2D eigenvalue weighted by molar-refractivity contribution is 6.79. The Kier molecular flexibility index (Phi) is 3.82. The van der Waals surface area contributed by atoms with E-state index in [9.17, 15) is 0 Å². The normalized spacial score (nSPS) is 13.7. The average molecular weight is 321 g/mol. The quantitative estimate of drug-likeness (QED) is 0.791. The van der Waals surface area contributed by atoms with Crippen LogP contribution in [-0.4, -0.2) is 34.9 Å². The van der Waals surface area contributed by atoms with Crippen LogP contribution < -0.4 is 0 Å². The molecule has 21 heavy (non-hydrogen) atoms. The standard InChI is InChI=1S/C15H28N4Si2/c1-15(2,3)21(7,8)19-12-10-17-14(19)13-16-9-11-18(13)20(4,5)6/h9-12H,1-8H3. The maximum absolute atomic E-state index is 4.65. The Morgan fingerprint density at radius 1 is 0.810 bits per heavy atom. The summed E-state index contributed by atoms with van der Waals surface area (Å²) in [6.45, 7) is 18.8. The minimum absolute atomic E-state index is 0.263. The molecule has 0 aliphatic carbocycles. The van der Waals surface area contributed by atoms with Gasteiger partial charge in [-0.25, -0.2) is 9.97 Å². The van der Waals surface area contributed by atoms with Gasteiger partial charge in [0.05, 0.1) is 0 Å². The second kappa shape index (κ2) is 4.95. The molecule has 2 aromatic heterocycles. The van der Waals surface area contributed by atoms with E-state index in [0.29, 0.717) is 0 Å². The summed E-state index contributed by atoms with van der Waals surface area (Å²) in [4.78, 5) is 9.27. The van der Waals surface area contributed by atoms with Crippen molar-refractivity contribution in [2.24, 2.45) is 0 Å². The van der Waals surface area contributed by atoms with E-state index in [1.807, 2.05) is 12.4 Å². The minimum atomic E-state index is -1.70. The van der Waals surface area contributed by atoms with Crippen LogP contribution in [0.25, 0.3) is 11.6 Å². The third-order valence-corrected chi connectivity index (χ3v) is 11.7. The van der Waals surface area contributed by atoms with E-state index in [0.717, 1.165) is 11.6 Å². The number of hydrogen-bond acceptors (Lipinski definition) is 2. The fourth-order valence-corrected chi connectivity index (χ4v) is 5.45. The van der Waals surface area contributed by atoms with Gasteiger partial charge in [-0.15, -0.1) is 0 Å². The lowest BCUT2D eigenvalue weighted by atomic mass is 10.2. The Hall–Kier alpha value is -1.15. The first kappa shape index (κ1) is 16.2. The molecule has 0 atom stereocenters. The summed E-state index contributed by atoms with van der Waals surface area (Å²) in [5, 5.41) is 0.263. The maximum Gasteiger partial charge on any atom is 0.167 e. The van der Waals surface area contributed by atoms with E-state index in [-0.39, 0.29) is 5.04 Å². The van der Waals surface area contributed by atoms with E-state index in [2.05, 4.69) is 84.3 Å². The molecule has 2 aromatic rings. The van der Waals surface area contributed by atoms with Gasteiger partial charge in [0, 0.05) is 24.8 Å². The number of aromatic nitrogens is 4. The Labute approximate surface area is 130 Å². The van der Waals surface area contributed by atoms with E-state index in [1.165, 1.54) is 0 Å². The zero-order valence-corrected chi connectivity index (χ0v) is 16.6. The summed E-state index contributed by atoms with van der Waals surface area (Å²) in [5.41, 5.74) is 0. The molecule has 2 heterocycles. The summed E-state index contributed by atoms with van der Waals surface area (Å²) in [6.07, 6.45) is 8.06. The Balaban J connectivity index is 2.60. The predicted octanol–water partition coefficient (Wildman–Crippen LogP) is 4.28. The molecule has 6 heteroatoms. The molecular formula is C15H28N4Si2. The number of imidazole rings is 2. The lowest BCUT2D eigenvalue weighted by Gasteiger charge is -2.38. The van der Waals surface area contributed by atoms with Gasteiger partial charge in [0.1, 0.15) is 0 Å². The van der Waals surface area contributed by atoms with E-state index < -0.39 is 16.5 Å². The largest absolute Gasteiger partial charge is 0.356 e. The van der Waals surface area contributed by atoms with Gasteiger partial charge in [0.15, 0.2) is 28.1 Å². The average Bonchev–Trinajstić information content (AvgIpc) is 2.95. The van der Waals surface area contributed by atoms with Crippen molar-refractivity contribution in [3.8, 4) is 11.6 Å². The van der Waals surface area contributed by atoms with Gasteiger partial charge in [-0.05, 0) is 5.04 Å². The Morgan fingerprint density at radius 3 is 1.67 bits per heavy atom. The van der Waals surface area contributed by atoms with Crippen molar-refractivity contribution in [1.29, 1.82) is 0 Å². The summed E-state index contributed by atoms with van der Waals surface area (Å²) < 4.78 is 4.75. The first-order valence-corrected chi connectivity index (χ1v) is 13.9. The van der Waals surface area contributed by atoms with Crippen LogP contribution >= 0.6 is 0 Å². The van der Waals surface area contributed by atoms with Crippen LogP contribution in [-0.2, 0) is 0 Å². The second-order valence-corrected chi connectivity index (χ2v) is 18.1. The number of rotatable bonds is 3. The molecule has 4 nitrogen and oxygen atoms in total. The van der Waals surface area contributed by atoms with Gasteiger partial charge in [-0.3, -0.25) is 0 Å². The predicted molar refractivity (Wildman–Crippen MR) is 94.8 cm³/mol. The molecule has 0 saturated carbocycles. The van der Waals surface area contributed by atoms with Crippen LogP contribution in [0.1, 0.15) is 20.8 Å². The van der Waals surface area contributed by atoms with Gasteiger partial charge < -0.3 is 8.47 Å². The molecule has 0 unspecified atom stereocenters. The summed E-state index contributed by atoms with van der Waals surface area (Å²) >= 11 is 0. The Morgan fingerprint density at radius 2 is 1.24 bits per heavy atom. The monoisotopic (exact) mass is 320 g/mol. The first-order valence-electron chi connectivity index (χ1n) is 7.54. The SMILES string of the molecule is CC(C)(C)[Si](C)(C)n1ccnc1-c1nccn1[Si](C)(C)C. The lowest BCUT2D eigenvalue weighted by molar-refractivity contribution is 0.699. The fourth-order valence-electron chi connectivity index (χ4n) is 2.29. The lowest BCUT2D eigenvalue weighted by Crippen LogP contribution is -2.45. The molecule has 0 radical (unpaired) electrons. The maximum atomic E-state index is 4.65. The van der Waals surface area contributed by atoms with Crippen molar-refractivity contribution < 1.29 is 0 Å². The van der Waals surface area contributed by atoms with Gasteiger partial charge >= 0.3 is 0 Å². The van der Waals surface area contributed by atoms with Crippen molar-refractivity contribution >= 4 is 16.5 Å². The number of nitrogens with zero attached hydrogens (tertiary/aromatic N) is 4. The smallest absolute Gasteiger partial charge is 0.167 e. The zero-order chi connectivity index (χ0) is 16.1. The molecule has 116 valence electrons. The van der Waals surface area contributed by atoms with Crippen LogP contribution in [0.2, 0.25) is 37.8 Å². The van der Waals surface area contributed by atoms with Crippen molar-refractivity contribution in [1.82, 2.24) is 18.4 Å². The summed E-state index contributed by atoms with van der Waals surface area (Å²) in [5.74, 6) is 2.04. The van der Waals surface area contributed by atoms with Gasteiger partial charge in [-0.1, -0.05) is 53.5 Å². The topological polar surface area (TPSA) is 35.6 Å². The highest BCUT2D eigenvalue weighted by Gasteiger charge is 2.39. The molecular weight excluding hydrogens is 292 g/mol. The summed E-state index contributed by atoms with van der Waals surface area (Å²) in [6, 6.07) is 0. The van der Waals surface area contributed by atoms with Gasteiger partial charge in [0.2, 0.25) is 0 Å². The van der Waals surface area contributed by atoms with E-state index >= 15 is 0 Å². The van der Waals surface area contributed by atoms with Crippen LogP contribution in [0.15, 0.2) is 24.8 Å². The minimum Gasteiger partial charge on any atom is -0.356 e. The highest BCUT2D eigenvalue weighted by atomic mass is 28.3. The van der Waals surface area contributed by atoms with Gasteiger partial charge in [-0.2, -0.15) is 0 Å². The molecule has 0 saturated heterocycles. The van der Waals surface area contributed by atoms with Crippen molar-refractivity contribution in [2.45, 2.75) is 58.5 Å². The van der Waals surface area contributed by atoms with Crippen LogP contribution in [0.4, 0.5) is 0 Å². The second-order valence-electron chi connectivity index (χ2n) is 8.22. The molecule has 0 aliphatic rings. The van der Waals surface area contributed by atoms with Crippen molar-refractivity contribution in [2.75, 3.05) is 0 Å². The zero-order valence-electron chi connectivity index (χ0n) is 14.6. The first-order chi connectivity index (χ1) is 9.46. The van der Waals surface area contributed by atoms with Crippen LogP contribution in [0.5, 0.6) is 0 Å². The van der Waals surface area contributed by atoms with Crippen LogP contribution in [0, 0.1) is 0 Å². The molecule has 0 N–H and O–H groups in total. The third kappa shape index (κ3) is 2.78. The summed E-state index contributed by atoms with van der Waals surface area (Å²) in [7, 11) is -3.19. The number of hydrogen-bond donors (Lipinski definition) is 0. The molecule has 0 aromatic carbocycles. The molecule has 2 rings (SSSR count). The van der Waals surface area contributed by atoms with E-state index in [1.54, 1.807) is 0 Å². The molecule has 0 bridgehead atoms.